The molecule has 9 atom stereocenters. The van der Waals surface area contributed by atoms with E-state index >= 15 is 0 Å². The van der Waals surface area contributed by atoms with E-state index in [1.807, 2.05) is 13.8 Å². The maximum absolute atomic E-state index is 11.3. The summed E-state index contributed by atoms with van der Waals surface area (Å²) in [4.78, 5) is 0. The van der Waals surface area contributed by atoms with Gasteiger partial charge in [0.25, 0.3) is 0 Å². The van der Waals surface area contributed by atoms with Gasteiger partial charge in [0.05, 0.1) is 6.10 Å². The molecule has 0 bridgehead atoms. The molecule has 4 saturated carbocycles. The molecule has 9 unspecified atom stereocenters. The summed E-state index contributed by atoms with van der Waals surface area (Å²) in [5, 5.41) is 7.51. The fourth-order valence-electron chi connectivity index (χ4n) is 10.5. The van der Waals surface area contributed by atoms with Crippen LogP contribution in [-0.2, 0) is 14.6 Å². The van der Waals surface area contributed by atoms with Gasteiger partial charge < -0.3 is 16.4 Å². The first-order valence-electron chi connectivity index (χ1n) is 17.8. The number of fused-ring (bicyclic) bond motifs is 5. The Kier molecular flexibility index (Phi) is 12.7. The van der Waals surface area contributed by atoms with E-state index in [0.717, 1.165) is 75.0 Å². The molecule has 0 radical (unpaired) electrons. The standard InChI is InChI=1S/C34H65N3O4S/c1-25(2)32(41-42(38,39)40)10-7-9-26-13-16-30-29-15-12-27-11-14-28(37-24-8-23-36-22-6-5-21-35)17-19-33(27,3)31(29)18-20-34(26,30)4/h25-32,36-37H,5-24,35H2,1-4H3,(H,38,39,40). The van der Waals surface area contributed by atoms with Crippen LogP contribution in [0.2, 0.25) is 0 Å². The van der Waals surface area contributed by atoms with Crippen molar-refractivity contribution in [2.45, 2.75) is 143 Å². The van der Waals surface area contributed by atoms with Gasteiger partial charge in [-0.1, -0.05) is 34.1 Å². The van der Waals surface area contributed by atoms with Gasteiger partial charge in [0.1, 0.15) is 0 Å². The molecule has 8 heteroatoms. The molecule has 246 valence electrons. The van der Waals surface area contributed by atoms with Gasteiger partial charge in [0.15, 0.2) is 0 Å². The third kappa shape index (κ3) is 8.51. The summed E-state index contributed by atoms with van der Waals surface area (Å²) in [6.45, 7) is 13.4. The van der Waals surface area contributed by atoms with E-state index < -0.39 is 16.5 Å². The van der Waals surface area contributed by atoms with Crippen LogP contribution in [0.1, 0.15) is 130 Å². The van der Waals surface area contributed by atoms with E-state index in [1.165, 1.54) is 77.0 Å². The first kappa shape index (κ1) is 34.6. The van der Waals surface area contributed by atoms with Gasteiger partial charge in [-0.3, -0.25) is 4.55 Å². The van der Waals surface area contributed by atoms with Gasteiger partial charge in [-0.2, -0.15) is 8.42 Å². The van der Waals surface area contributed by atoms with Crippen molar-refractivity contribution in [3.05, 3.63) is 0 Å². The molecule has 4 fully saturated rings. The van der Waals surface area contributed by atoms with Crippen LogP contribution in [0.4, 0.5) is 0 Å². The minimum Gasteiger partial charge on any atom is -0.330 e. The van der Waals surface area contributed by atoms with Gasteiger partial charge in [0, 0.05) is 6.04 Å². The van der Waals surface area contributed by atoms with Crippen molar-refractivity contribution >= 4 is 10.4 Å². The number of rotatable bonds is 16. The van der Waals surface area contributed by atoms with Crippen LogP contribution >= 0.6 is 0 Å². The van der Waals surface area contributed by atoms with E-state index in [2.05, 4.69) is 24.5 Å². The molecule has 4 aliphatic carbocycles. The Hall–Kier alpha value is -0.250. The molecular weight excluding hydrogens is 546 g/mol. The lowest BCUT2D eigenvalue weighted by Gasteiger charge is -2.59. The quantitative estimate of drug-likeness (QED) is 0.113. The molecular formula is C34H65N3O4S. The fourth-order valence-corrected chi connectivity index (χ4v) is 11.1. The van der Waals surface area contributed by atoms with Gasteiger partial charge in [-0.15, -0.1) is 0 Å². The van der Waals surface area contributed by atoms with Crippen molar-refractivity contribution in [2.24, 2.45) is 52.1 Å². The lowest BCUT2D eigenvalue weighted by molar-refractivity contribution is -0.0991. The molecule has 0 spiro atoms. The molecule has 0 aliphatic heterocycles. The monoisotopic (exact) mass is 611 g/mol. The predicted octanol–water partition coefficient (Wildman–Crippen LogP) is 6.73. The van der Waals surface area contributed by atoms with Crippen LogP contribution in [0, 0.1) is 46.3 Å². The van der Waals surface area contributed by atoms with E-state index in [1.54, 1.807) is 0 Å². The average molecular weight is 612 g/mol. The van der Waals surface area contributed by atoms with Crippen molar-refractivity contribution < 1.29 is 17.2 Å². The fraction of sp³-hybridized carbons (Fsp3) is 1.00. The zero-order chi connectivity index (χ0) is 30.4. The van der Waals surface area contributed by atoms with Crippen molar-refractivity contribution in [3.63, 3.8) is 0 Å². The Morgan fingerprint density at radius 2 is 1.57 bits per heavy atom. The summed E-state index contributed by atoms with van der Waals surface area (Å²) in [5.74, 6) is 4.31. The van der Waals surface area contributed by atoms with Crippen molar-refractivity contribution in [1.82, 2.24) is 10.6 Å². The lowest BCUT2D eigenvalue weighted by atomic mass is 9.46. The largest absolute Gasteiger partial charge is 0.397 e. The predicted molar refractivity (Wildman–Crippen MR) is 173 cm³/mol. The lowest BCUT2D eigenvalue weighted by Crippen LogP contribution is -2.51. The number of hydrogen-bond donors (Lipinski definition) is 4. The van der Waals surface area contributed by atoms with Gasteiger partial charge in [-0.05, 0) is 169 Å². The molecule has 0 amide bonds. The SMILES string of the molecule is CC(C)C(CCCC1CCC2C3CCC4CCC(NCCCNCCCCN)CCC4(C)C3CCC12C)OS(=O)(=O)O. The molecule has 4 aliphatic rings. The highest BCUT2D eigenvalue weighted by molar-refractivity contribution is 7.80. The topological polar surface area (TPSA) is 114 Å². The second-order valence-electron chi connectivity index (χ2n) is 15.6. The highest BCUT2D eigenvalue weighted by Gasteiger charge is 2.59. The summed E-state index contributed by atoms with van der Waals surface area (Å²) in [6, 6.07) is 0.687. The van der Waals surface area contributed by atoms with Gasteiger partial charge in [0.2, 0.25) is 0 Å². The van der Waals surface area contributed by atoms with Crippen LogP contribution < -0.4 is 16.4 Å². The Morgan fingerprint density at radius 3 is 2.31 bits per heavy atom. The van der Waals surface area contributed by atoms with E-state index in [9.17, 15) is 13.0 Å². The molecule has 0 aromatic carbocycles. The highest BCUT2D eigenvalue weighted by atomic mass is 32.3. The summed E-state index contributed by atoms with van der Waals surface area (Å²) < 4.78 is 36.9. The van der Waals surface area contributed by atoms with Crippen molar-refractivity contribution in [2.75, 3.05) is 26.2 Å². The Balaban J connectivity index is 1.27. The summed E-state index contributed by atoms with van der Waals surface area (Å²) in [6.07, 6.45) is 19.7. The summed E-state index contributed by atoms with van der Waals surface area (Å²) in [7, 11) is -4.40. The molecule has 4 rings (SSSR count). The molecule has 0 aromatic heterocycles. The number of hydrogen-bond acceptors (Lipinski definition) is 6. The van der Waals surface area contributed by atoms with Crippen LogP contribution in [0.3, 0.4) is 0 Å². The minimum absolute atomic E-state index is 0.0631. The first-order valence-corrected chi connectivity index (χ1v) is 19.1. The molecule has 0 heterocycles. The normalized spacial score (nSPS) is 37.6. The first-order chi connectivity index (χ1) is 20.0. The maximum atomic E-state index is 11.3. The van der Waals surface area contributed by atoms with Gasteiger partial charge in [-0.25, -0.2) is 4.18 Å². The Morgan fingerprint density at radius 1 is 0.857 bits per heavy atom. The van der Waals surface area contributed by atoms with E-state index in [4.69, 9.17) is 9.92 Å². The number of nitrogens with two attached hydrogens (primary N) is 1. The van der Waals surface area contributed by atoms with E-state index in [-0.39, 0.29) is 5.92 Å². The van der Waals surface area contributed by atoms with Gasteiger partial charge >= 0.3 is 10.4 Å². The number of unbranched alkanes of at least 4 members (excludes halogenated alkanes) is 1. The molecule has 0 aromatic rings. The summed E-state index contributed by atoms with van der Waals surface area (Å²) in [5.41, 5.74) is 6.52. The van der Waals surface area contributed by atoms with Crippen LogP contribution in [0.15, 0.2) is 0 Å². The smallest absolute Gasteiger partial charge is 0.330 e. The molecule has 5 N–H and O–H groups in total. The second kappa shape index (κ2) is 15.4. The molecule has 42 heavy (non-hydrogen) atoms. The van der Waals surface area contributed by atoms with Crippen LogP contribution in [-0.4, -0.2) is 51.3 Å². The zero-order valence-corrected chi connectivity index (χ0v) is 28.2. The third-order valence-corrected chi connectivity index (χ3v) is 13.4. The molecule has 7 nitrogen and oxygen atoms in total. The van der Waals surface area contributed by atoms with Crippen LogP contribution in [0.5, 0.6) is 0 Å². The zero-order valence-electron chi connectivity index (χ0n) is 27.4. The third-order valence-electron chi connectivity index (χ3n) is 13.0. The van der Waals surface area contributed by atoms with Crippen molar-refractivity contribution in [1.29, 1.82) is 0 Å². The molecule has 0 saturated heterocycles. The van der Waals surface area contributed by atoms with E-state index in [0.29, 0.717) is 23.3 Å². The van der Waals surface area contributed by atoms with Crippen molar-refractivity contribution in [3.8, 4) is 0 Å². The minimum atomic E-state index is -4.40. The average Bonchev–Trinajstić information content (AvgIpc) is 3.16. The second-order valence-corrected chi connectivity index (χ2v) is 16.6. The van der Waals surface area contributed by atoms with Crippen LogP contribution in [0.25, 0.3) is 0 Å². The maximum Gasteiger partial charge on any atom is 0.397 e. The highest BCUT2D eigenvalue weighted by Crippen LogP contribution is 2.67. The summed E-state index contributed by atoms with van der Waals surface area (Å²) >= 11 is 0. The number of nitrogens with one attached hydrogen (secondary N) is 2. The Bertz CT molecular complexity index is 932. The Labute approximate surface area is 258 Å².